The van der Waals surface area contributed by atoms with Gasteiger partial charge in [0, 0.05) is 12.0 Å². The highest BCUT2D eigenvalue weighted by atomic mass is 127. The Balaban J connectivity index is 0.00000312. The Hall–Kier alpha value is -1.57. The van der Waals surface area contributed by atoms with Crippen LogP contribution in [0.3, 0.4) is 0 Å². The first kappa shape index (κ1) is 21.5. The van der Waals surface area contributed by atoms with E-state index in [1.54, 1.807) is 6.20 Å². The molecule has 0 amide bonds. The third kappa shape index (κ3) is 7.05. The second-order valence-electron chi connectivity index (χ2n) is 6.91. The van der Waals surface area contributed by atoms with Crippen molar-refractivity contribution in [3.05, 3.63) is 53.2 Å². The molecule has 0 radical (unpaired) electrons. The lowest BCUT2D eigenvalue weighted by molar-refractivity contribution is 0.379. The summed E-state index contributed by atoms with van der Waals surface area (Å²) in [5.41, 5.74) is 2.41. The standard InChI is InChI=1S/C19H28N4O.HI/c1-6-20-18(22-11-15-9-7-8-14(2)10-15)23-13-17-21-12-16(24-17)19(3,4)5;/h7-10,12H,6,11,13H2,1-5H3,(H2,20,22,23);1H. The Morgan fingerprint density at radius 3 is 2.60 bits per heavy atom. The van der Waals surface area contributed by atoms with Gasteiger partial charge < -0.3 is 15.1 Å². The molecule has 1 heterocycles. The van der Waals surface area contributed by atoms with E-state index in [0.29, 0.717) is 19.0 Å². The number of benzene rings is 1. The Morgan fingerprint density at radius 1 is 1.24 bits per heavy atom. The SMILES string of the molecule is CCNC(=NCc1cccc(C)c1)NCc1ncc(C(C)(C)C)o1.I. The molecule has 0 unspecified atom stereocenters. The number of hydrogen-bond donors (Lipinski definition) is 2. The van der Waals surface area contributed by atoms with Crippen LogP contribution in [0, 0.1) is 6.92 Å². The quantitative estimate of drug-likeness (QED) is 0.403. The molecule has 2 N–H and O–H groups in total. The highest BCUT2D eigenvalue weighted by molar-refractivity contribution is 14.0. The Labute approximate surface area is 167 Å². The molecule has 2 rings (SSSR count). The van der Waals surface area contributed by atoms with E-state index in [0.717, 1.165) is 18.3 Å². The van der Waals surface area contributed by atoms with Crippen molar-refractivity contribution in [2.24, 2.45) is 4.99 Å². The van der Waals surface area contributed by atoms with Gasteiger partial charge in [-0.25, -0.2) is 9.98 Å². The maximum Gasteiger partial charge on any atom is 0.213 e. The maximum absolute atomic E-state index is 5.80. The molecule has 1 aromatic heterocycles. The summed E-state index contributed by atoms with van der Waals surface area (Å²) in [4.78, 5) is 8.95. The Morgan fingerprint density at radius 2 is 2.00 bits per heavy atom. The van der Waals surface area contributed by atoms with Crippen LogP contribution in [0.1, 0.15) is 50.5 Å². The number of aliphatic imine (C=N–C) groups is 1. The molecular formula is C19H29IN4O. The van der Waals surface area contributed by atoms with Gasteiger partial charge in [0.05, 0.1) is 19.3 Å². The predicted molar refractivity (Wildman–Crippen MR) is 113 cm³/mol. The minimum Gasteiger partial charge on any atom is -0.443 e. The Kier molecular flexibility index (Phi) is 8.41. The van der Waals surface area contributed by atoms with E-state index < -0.39 is 0 Å². The van der Waals surface area contributed by atoms with Crippen molar-refractivity contribution in [3.63, 3.8) is 0 Å². The van der Waals surface area contributed by atoms with Gasteiger partial charge in [-0.1, -0.05) is 50.6 Å². The van der Waals surface area contributed by atoms with Gasteiger partial charge in [0.1, 0.15) is 5.76 Å². The monoisotopic (exact) mass is 456 g/mol. The van der Waals surface area contributed by atoms with Crippen LogP contribution in [-0.2, 0) is 18.5 Å². The molecule has 0 saturated heterocycles. The number of oxazole rings is 1. The van der Waals surface area contributed by atoms with Gasteiger partial charge in [0.25, 0.3) is 0 Å². The topological polar surface area (TPSA) is 62.5 Å². The zero-order valence-electron chi connectivity index (χ0n) is 15.7. The van der Waals surface area contributed by atoms with E-state index in [-0.39, 0.29) is 29.4 Å². The van der Waals surface area contributed by atoms with Crippen LogP contribution in [0.25, 0.3) is 0 Å². The van der Waals surface area contributed by atoms with Crippen LogP contribution in [0.15, 0.2) is 39.9 Å². The van der Waals surface area contributed by atoms with Gasteiger partial charge in [-0.2, -0.15) is 0 Å². The van der Waals surface area contributed by atoms with Crippen LogP contribution in [-0.4, -0.2) is 17.5 Å². The second kappa shape index (κ2) is 9.79. The van der Waals surface area contributed by atoms with Crippen LogP contribution in [0.4, 0.5) is 0 Å². The van der Waals surface area contributed by atoms with Crippen LogP contribution < -0.4 is 10.6 Å². The Bertz CT molecular complexity index is 689. The maximum atomic E-state index is 5.80. The zero-order valence-corrected chi connectivity index (χ0v) is 18.0. The molecule has 2 aromatic rings. The summed E-state index contributed by atoms with van der Waals surface area (Å²) in [7, 11) is 0. The molecule has 0 atom stereocenters. The van der Waals surface area contributed by atoms with Crippen molar-refractivity contribution in [2.75, 3.05) is 6.54 Å². The average Bonchev–Trinajstić information content (AvgIpc) is 2.99. The molecule has 0 saturated carbocycles. The molecule has 6 heteroatoms. The van der Waals surface area contributed by atoms with Gasteiger partial charge in [-0.3, -0.25) is 0 Å². The third-order valence-electron chi connectivity index (χ3n) is 3.55. The smallest absolute Gasteiger partial charge is 0.213 e. The molecule has 0 aliphatic carbocycles. The molecule has 138 valence electrons. The van der Waals surface area contributed by atoms with E-state index in [4.69, 9.17) is 4.42 Å². The third-order valence-corrected chi connectivity index (χ3v) is 3.55. The fourth-order valence-corrected chi connectivity index (χ4v) is 2.22. The zero-order chi connectivity index (χ0) is 17.6. The lowest BCUT2D eigenvalue weighted by Gasteiger charge is -2.13. The van der Waals surface area contributed by atoms with Crippen molar-refractivity contribution in [1.29, 1.82) is 0 Å². The first-order chi connectivity index (χ1) is 11.4. The van der Waals surface area contributed by atoms with Crippen LogP contribution in [0.5, 0.6) is 0 Å². The molecular weight excluding hydrogens is 427 g/mol. The molecule has 25 heavy (non-hydrogen) atoms. The van der Waals surface area contributed by atoms with Crippen molar-refractivity contribution in [3.8, 4) is 0 Å². The van der Waals surface area contributed by atoms with Gasteiger partial charge in [0.2, 0.25) is 5.89 Å². The molecule has 0 aliphatic heterocycles. The number of aromatic nitrogens is 1. The number of hydrogen-bond acceptors (Lipinski definition) is 3. The summed E-state index contributed by atoms with van der Waals surface area (Å²) < 4.78 is 5.80. The molecule has 5 nitrogen and oxygen atoms in total. The summed E-state index contributed by atoms with van der Waals surface area (Å²) in [6.45, 7) is 12.4. The van der Waals surface area contributed by atoms with E-state index >= 15 is 0 Å². The second-order valence-corrected chi connectivity index (χ2v) is 6.91. The van der Waals surface area contributed by atoms with Crippen LogP contribution >= 0.6 is 24.0 Å². The molecule has 0 aliphatic rings. The molecule has 0 bridgehead atoms. The van der Waals surface area contributed by atoms with Crippen LogP contribution in [0.2, 0.25) is 0 Å². The highest BCUT2D eigenvalue weighted by Gasteiger charge is 2.19. The minimum absolute atomic E-state index is 0. The predicted octanol–water partition coefficient (Wildman–Crippen LogP) is 4.15. The van der Waals surface area contributed by atoms with Gasteiger partial charge in [0.15, 0.2) is 5.96 Å². The van der Waals surface area contributed by atoms with E-state index in [2.05, 4.69) is 72.6 Å². The van der Waals surface area contributed by atoms with E-state index in [1.165, 1.54) is 11.1 Å². The lowest BCUT2D eigenvalue weighted by atomic mass is 9.94. The summed E-state index contributed by atoms with van der Waals surface area (Å²) in [6, 6.07) is 8.38. The summed E-state index contributed by atoms with van der Waals surface area (Å²) in [5, 5.41) is 6.51. The van der Waals surface area contributed by atoms with Crippen molar-refractivity contribution >= 4 is 29.9 Å². The fourth-order valence-electron chi connectivity index (χ4n) is 2.22. The summed E-state index contributed by atoms with van der Waals surface area (Å²) >= 11 is 0. The summed E-state index contributed by atoms with van der Waals surface area (Å²) in [5.74, 6) is 2.32. The average molecular weight is 456 g/mol. The number of guanidine groups is 1. The van der Waals surface area contributed by atoms with Gasteiger partial charge >= 0.3 is 0 Å². The van der Waals surface area contributed by atoms with E-state index in [1.807, 2.05) is 6.92 Å². The van der Waals surface area contributed by atoms with Gasteiger partial charge in [-0.15, -0.1) is 24.0 Å². The number of aryl methyl sites for hydroxylation is 1. The van der Waals surface area contributed by atoms with Crippen molar-refractivity contribution in [1.82, 2.24) is 15.6 Å². The molecule has 0 fully saturated rings. The lowest BCUT2D eigenvalue weighted by Crippen LogP contribution is -2.36. The minimum atomic E-state index is -0.0327. The normalized spacial score (nSPS) is 11.8. The number of rotatable bonds is 5. The van der Waals surface area contributed by atoms with Crippen molar-refractivity contribution < 1.29 is 4.42 Å². The largest absolute Gasteiger partial charge is 0.443 e. The number of nitrogens with one attached hydrogen (secondary N) is 2. The molecule has 0 spiro atoms. The van der Waals surface area contributed by atoms with Gasteiger partial charge in [-0.05, 0) is 19.4 Å². The highest BCUT2D eigenvalue weighted by Crippen LogP contribution is 2.22. The summed E-state index contributed by atoms with van der Waals surface area (Å²) in [6.07, 6.45) is 1.80. The molecule has 1 aromatic carbocycles. The first-order valence-corrected chi connectivity index (χ1v) is 8.41. The number of halogens is 1. The van der Waals surface area contributed by atoms with Crippen molar-refractivity contribution in [2.45, 2.75) is 53.1 Å². The fraction of sp³-hybridized carbons (Fsp3) is 0.474. The van der Waals surface area contributed by atoms with E-state index in [9.17, 15) is 0 Å². The number of nitrogens with zero attached hydrogens (tertiary/aromatic N) is 2. The first-order valence-electron chi connectivity index (χ1n) is 8.41.